The summed E-state index contributed by atoms with van der Waals surface area (Å²) in [6.07, 6.45) is 5.76. The summed E-state index contributed by atoms with van der Waals surface area (Å²) < 4.78 is 5.33. The highest BCUT2D eigenvalue weighted by atomic mass is 16.5. The van der Waals surface area contributed by atoms with Crippen LogP contribution in [0.15, 0.2) is 24.3 Å². The van der Waals surface area contributed by atoms with Gasteiger partial charge in [-0.25, -0.2) is 0 Å². The van der Waals surface area contributed by atoms with Crippen molar-refractivity contribution in [3.05, 3.63) is 24.3 Å². The molecule has 0 heterocycles. The first-order chi connectivity index (χ1) is 11.1. The van der Waals surface area contributed by atoms with Crippen molar-refractivity contribution in [2.45, 2.75) is 44.1 Å². The molecule has 0 aromatic heterocycles. The van der Waals surface area contributed by atoms with Gasteiger partial charge in [0, 0.05) is 7.05 Å². The molecular weight excluding hydrogens is 290 g/mol. The smallest absolute Gasteiger partial charge is 0.240 e. The lowest BCUT2D eigenvalue weighted by Crippen LogP contribution is -2.50. The van der Waals surface area contributed by atoms with Gasteiger partial charge in [0.05, 0.1) is 25.4 Å². The van der Waals surface area contributed by atoms with Crippen LogP contribution < -0.4 is 15.0 Å². The summed E-state index contributed by atoms with van der Waals surface area (Å²) in [6, 6.07) is 9.94. The summed E-state index contributed by atoms with van der Waals surface area (Å²) in [5.41, 5.74) is 0.159. The Labute approximate surface area is 138 Å². The first-order valence-corrected chi connectivity index (χ1v) is 8.17. The Morgan fingerprint density at radius 2 is 1.96 bits per heavy atom. The molecule has 0 bridgehead atoms. The summed E-state index contributed by atoms with van der Waals surface area (Å²) in [5.74, 6) is 0.606. The summed E-state index contributed by atoms with van der Waals surface area (Å²) in [5, 5.41) is 12.5. The van der Waals surface area contributed by atoms with Gasteiger partial charge in [0.25, 0.3) is 0 Å². The number of para-hydroxylation sites is 2. The molecule has 1 amide bonds. The molecular formula is C18H25N3O2. The van der Waals surface area contributed by atoms with Gasteiger partial charge in [0.1, 0.15) is 11.3 Å². The molecule has 0 spiro atoms. The van der Waals surface area contributed by atoms with Crippen LogP contribution in [0.2, 0.25) is 0 Å². The van der Waals surface area contributed by atoms with Crippen LogP contribution in [0.4, 0.5) is 5.69 Å². The SMILES string of the molecule is COc1ccccc1N(C)CC(=O)NC1(C#N)CCCCCC1. The number of anilines is 1. The lowest BCUT2D eigenvalue weighted by Gasteiger charge is -2.28. The van der Waals surface area contributed by atoms with Gasteiger partial charge >= 0.3 is 0 Å². The standard InChI is InChI=1S/C18H25N3O2/c1-21(15-9-5-6-10-16(15)23-2)13-17(22)20-18(14-19)11-7-3-4-8-12-18/h5-6,9-10H,3-4,7-8,11-13H2,1-2H3,(H,20,22). The van der Waals surface area contributed by atoms with E-state index < -0.39 is 5.54 Å². The lowest BCUT2D eigenvalue weighted by molar-refractivity contribution is -0.121. The van der Waals surface area contributed by atoms with E-state index in [0.29, 0.717) is 0 Å². The van der Waals surface area contributed by atoms with Crippen LogP contribution in [-0.4, -0.2) is 32.1 Å². The Hall–Kier alpha value is -2.22. The molecule has 0 radical (unpaired) electrons. The number of methoxy groups -OCH3 is 1. The van der Waals surface area contributed by atoms with Gasteiger partial charge in [0.2, 0.25) is 5.91 Å². The number of carbonyl (C=O) groups is 1. The average Bonchev–Trinajstić information content (AvgIpc) is 2.80. The first-order valence-electron chi connectivity index (χ1n) is 8.17. The van der Waals surface area contributed by atoms with Crippen molar-refractivity contribution in [1.29, 1.82) is 5.26 Å². The second-order valence-corrected chi connectivity index (χ2v) is 6.18. The predicted octanol–water partition coefficient (Wildman–Crippen LogP) is 2.86. The van der Waals surface area contributed by atoms with E-state index in [4.69, 9.17) is 4.74 Å². The fourth-order valence-corrected chi connectivity index (χ4v) is 3.15. The second-order valence-electron chi connectivity index (χ2n) is 6.18. The van der Waals surface area contributed by atoms with Gasteiger partial charge < -0.3 is 15.0 Å². The van der Waals surface area contributed by atoms with E-state index in [0.717, 1.165) is 50.0 Å². The molecule has 23 heavy (non-hydrogen) atoms. The van der Waals surface area contributed by atoms with E-state index in [2.05, 4.69) is 11.4 Å². The number of hydrogen-bond acceptors (Lipinski definition) is 4. The molecule has 1 fully saturated rings. The minimum Gasteiger partial charge on any atom is -0.495 e. The molecule has 124 valence electrons. The number of hydrogen-bond donors (Lipinski definition) is 1. The maximum atomic E-state index is 12.4. The van der Waals surface area contributed by atoms with Crippen molar-refractivity contribution < 1.29 is 9.53 Å². The van der Waals surface area contributed by atoms with Crippen molar-refractivity contribution in [2.75, 3.05) is 25.6 Å². The maximum Gasteiger partial charge on any atom is 0.240 e. The number of nitriles is 1. The van der Waals surface area contributed by atoms with E-state index in [1.807, 2.05) is 36.2 Å². The van der Waals surface area contributed by atoms with Crippen molar-refractivity contribution in [3.63, 3.8) is 0 Å². The predicted molar refractivity (Wildman–Crippen MR) is 90.5 cm³/mol. The van der Waals surface area contributed by atoms with Gasteiger partial charge in [0.15, 0.2) is 0 Å². The summed E-state index contributed by atoms with van der Waals surface area (Å²) in [7, 11) is 3.46. The Bertz CT molecular complexity index is 572. The molecule has 5 nitrogen and oxygen atoms in total. The third-order valence-electron chi connectivity index (χ3n) is 4.43. The van der Waals surface area contributed by atoms with Crippen LogP contribution in [-0.2, 0) is 4.79 Å². The lowest BCUT2D eigenvalue weighted by atomic mass is 9.92. The van der Waals surface area contributed by atoms with Gasteiger partial charge in [-0.1, -0.05) is 37.8 Å². The molecule has 1 N–H and O–H groups in total. The van der Waals surface area contributed by atoms with E-state index >= 15 is 0 Å². The molecule has 1 saturated carbocycles. The van der Waals surface area contributed by atoms with Gasteiger partial charge in [-0.15, -0.1) is 0 Å². The number of benzene rings is 1. The molecule has 2 rings (SSSR count). The van der Waals surface area contributed by atoms with E-state index in [1.54, 1.807) is 7.11 Å². The van der Waals surface area contributed by atoms with E-state index in [9.17, 15) is 10.1 Å². The Kier molecular flexibility index (Phi) is 5.86. The fourth-order valence-electron chi connectivity index (χ4n) is 3.15. The summed E-state index contributed by atoms with van der Waals surface area (Å²) >= 11 is 0. The molecule has 0 atom stereocenters. The zero-order chi connectivity index (χ0) is 16.7. The normalized spacial score (nSPS) is 16.7. The average molecular weight is 315 g/mol. The van der Waals surface area contributed by atoms with Crippen LogP contribution in [0.5, 0.6) is 5.75 Å². The molecule has 1 aromatic rings. The molecule has 0 aliphatic heterocycles. The fraction of sp³-hybridized carbons (Fsp3) is 0.556. The minimum absolute atomic E-state index is 0.123. The zero-order valence-electron chi connectivity index (χ0n) is 14.0. The van der Waals surface area contributed by atoms with Crippen LogP contribution in [0, 0.1) is 11.3 Å². The summed E-state index contributed by atoms with van der Waals surface area (Å²) in [6.45, 7) is 0.198. The number of carbonyl (C=O) groups excluding carboxylic acids is 1. The molecule has 1 aromatic carbocycles. The molecule has 0 saturated heterocycles. The van der Waals surface area contributed by atoms with Crippen molar-refractivity contribution >= 4 is 11.6 Å². The monoisotopic (exact) mass is 315 g/mol. The second kappa shape index (κ2) is 7.87. The highest BCUT2D eigenvalue weighted by Crippen LogP contribution is 2.28. The minimum atomic E-state index is -0.699. The van der Waals surface area contributed by atoms with Crippen LogP contribution in [0.1, 0.15) is 38.5 Å². The number of ether oxygens (including phenoxy) is 1. The number of amides is 1. The maximum absolute atomic E-state index is 12.4. The first kappa shape index (κ1) is 17.1. The molecule has 1 aliphatic rings. The number of nitrogens with one attached hydrogen (secondary N) is 1. The number of rotatable bonds is 5. The van der Waals surface area contributed by atoms with Gasteiger partial charge in [-0.05, 0) is 25.0 Å². The Balaban J connectivity index is 2.02. The highest BCUT2D eigenvalue weighted by Gasteiger charge is 2.32. The number of nitrogens with zero attached hydrogens (tertiary/aromatic N) is 2. The molecule has 0 unspecified atom stereocenters. The van der Waals surface area contributed by atoms with Crippen LogP contribution in [0.25, 0.3) is 0 Å². The van der Waals surface area contributed by atoms with E-state index in [-0.39, 0.29) is 12.5 Å². The third kappa shape index (κ3) is 4.38. The van der Waals surface area contributed by atoms with Crippen LogP contribution in [0.3, 0.4) is 0 Å². The Morgan fingerprint density at radius 1 is 1.30 bits per heavy atom. The van der Waals surface area contributed by atoms with E-state index in [1.165, 1.54) is 0 Å². The van der Waals surface area contributed by atoms with Crippen molar-refractivity contribution in [3.8, 4) is 11.8 Å². The highest BCUT2D eigenvalue weighted by molar-refractivity contribution is 5.83. The van der Waals surface area contributed by atoms with Gasteiger partial charge in [-0.3, -0.25) is 4.79 Å². The zero-order valence-corrected chi connectivity index (χ0v) is 14.0. The quantitative estimate of drug-likeness (QED) is 0.849. The number of likely N-dealkylation sites (N-methyl/N-ethyl adjacent to an activating group) is 1. The largest absolute Gasteiger partial charge is 0.495 e. The topological polar surface area (TPSA) is 65.4 Å². The Morgan fingerprint density at radius 3 is 2.57 bits per heavy atom. The third-order valence-corrected chi connectivity index (χ3v) is 4.43. The molecule has 1 aliphatic carbocycles. The van der Waals surface area contributed by atoms with Crippen molar-refractivity contribution in [1.82, 2.24) is 5.32 Å². The van der Waals surface area contributed by atoms with Gasteiger partial charge in [-0.2, -0.15) is 5.26 Å². The van der Waals surface area contributed by atoms with Crippen molar-refractivity contribution in [2.24, 2.45) is 0 Å². The molecule has 5 heteroatoms. The van der Waals surface area contributed by atoms with Crippen LogP contribution >= 0.6 is 0 Å². The summed E-state index contributed by atoms with van der Waals surface area (Å²) in [4.78, 5) is 14.3.